The number of fused-ring (bicyclic) bond motifs is 1. The molecule has 0 bridgehead atoms. The molecular formula is C22H22N2O3S. The molecule has 0 aliphatic carbocycles. The number of carbonyl (C=O) groups excluding carboxylic acids is 1. The number of aryl methyl sites for hydroxylation is 1. The number of amides is 1. The van der Waals surface area contributed by atoms with E-state index < -0.39 is 6.10 Å². The molecule has 0 spiro atoms. The molecule has 0 fully saturated rings. The van der Waals surface area contributed by atoms with E-state index in [4.69, 9.17) is 9.47 Å². The molecule has 3 aromatic rings. The van der Waals surface area contributed by atoms with Gasteiger partial charge in [0.25, 0.3) is 5.91 Å². The Morgan fingerprint density at radius 3 is 2.68 bits per heavy atom. The molecule has 0 radical (unpaired) electrons. The first-order valence-electron chi connectivity index (χ1n) is 9.39. The van der Waals surface area contributed by atoms with Crippen LogP contribution < -0.4 is 9.47 Å². The highest BCUT2D eigenvalue weighted by Crippen LogP contribution is 2.31. The smallest absolute Gasteiger partial charge is 0.267 e. The van der Waals surface area contributed by atoms with Crippen molar-refractivity contribution >= 4 is 17.2 Å². The van der Waals surface area contributed by atoms with Crippen molar-refractivity contribution in [2.24, 2.45) is 0 Å². The number of benzene rings is 2. The number of ether oxygens (including phenoxy) is 2. The fourth-order valence-corrected chi connectivity index (χ4v) is 3.86. The zero-order valence-electron chi connectivity index (χ0n) is 15.5. The zero-order chi connectivity index (χ0) is 19.2. The Morgan fingerprint density at radius 1 is 1.11 bits per heavy atom. The molecule has 1 amide bonds. The van der Waals surface area contributed by atoms with Crippen LogP contribution in [0.15, 0.2) is 66.2 Å². The first kappa shape index (κ1) is 18.5. The summed E-state index contributed by atoms with van der Waals surface area (Å²) >= 11 is 1.56. The summed E-state index contributed by atoms with van der Waals surface area (Å²) < 4.78 is 11.7. The van der Waals surface area contributed by atoms with E-state index in [9.17, 15) is 4.79 Å². The third kappa shape index (κ3) is 4.51. The van der Waals surface area contributed by atoms with E-state index in [0.29, 0.717) is 24.6 Å². The standard InChI is InChI=1S/C22H22N2O3S/c25-22(20-16-26-18-10-4-5-11-19(18)27-20)24(15-21-23-12-14-28-21)13-6-9-17-7-2-1-3-8-17/h1-5,7-8,10-12,14,20H,6,9,13,15-16H2. The average molecular weight is 394 g/mol. The second-order valence-corrected chi connectivity index (χ2v) is 7.62. The first-order chi connectivity index (χ1) is 13.8. The van der Waals surface area contributed by atoms with Crippen molar-refractivity contribution < 1.29 is 14.3 Å². The maximum Gasteiger partial charge on any atom is 0.267 e. The van der Waals surface area contributed by atoms with E-state index in [1.54, 1.807) is 17.5 Å². The summed E-state index contributed by atoms with van der Waals surface area (Å²) in [6.45, 7) is 1.37. The van der Waals surface area contributed by atoms with Crippen molar-refractivity contribution in [1.29, 1.82) is 0 Å². The quantitative estimate of drug-likeness (QED) is 0.609. The van der Waals surface area contributed by atoms with Gasteiger partial charge >= 0.3 is 0 Å². The number of carbonyl (C=O) groups is 1. The fraction of sp³-hybridized carbons (Fsp3) is 0.273. The van der Waals surface area contributed by atoms with Gasteiger partial charge in [0.1, 0.15) is 11.6 Å². The minimum Gasteiger partial charge on any atom is -0.485 e. The number of thiazole rings is 1. The van der Waals surface area contributed by atoms with E-state index >= 15 is 0 Å². The van der Waals surface area contributed by atoms with Crippen LogP contribution in [0.3, 0.4) is 0 Å². The third-order valence-corrected chi connectivity index (χ3v) is 5.41. The molecule has 1 aromatic heterocycles. The summed E-state index contributed by atoms with van der Waals surface area (Å²) in [5.41, 5.74) is 1.27. The van der Waals surface area contributed by atoms with Gasteiger partial charge in [0.2, 0.25) is 6.10 Å². The highest BCUT2D eigenvalue weighted by atomic mass is 32.1. The van der Waals surface area contributed by atoms with Crippen molar-refractivity contribution in [2.45, 2.75) is 25.5 Å². The van der Waals surface area contributed by atoms with E-state index in [0.717, 1.165) is 17.8 Å². The van der Waals surface area contributed by atoms with E-state index in [1.807, 2.05) is 52.7 Å². The molecule has 6 heteroatoms. The van der Waals surface area contributed by atoms with Crippen LogP contribution in [-0.4, -0.2) is 35.0 Å². The van der Waals surface area contributed by atoms with Crippen LogP contribution in [0, 0.1) is 0 Å². The Labute approximate surface area is 168 Å². The van der Waals surface area contributed by atoms with Crippen molar-refractivity contribution in [3.63, 3.8) is 0 Å². The number of aromatic nitrogens is 1. The Balaban J connectivity index is 1.42. The lowest BCUT2D eigenvalue weighted by Gasteiger charge is -2.30. The van der Waals surface area contributed by atoms with Gasteiger partial charge in [-0.3, -0.25) is 4.79 Å². The van der Waals surface area contributed by atoms with Gasteiger partial charge in [-0.25, -0.2) is 4.98 Å². The molecule has 144 valence electrons. The molecule has 28 heavy (non-hydrogen) atoms. The van der Waals surface area contributed by atoms with Crippen LogP contribution in [0.25, 0.3) is 0 Å². The van der Waals surface area contributed by atoms with Gasteiger partial charge in [-0.05, 0) is 30.5 Å². The molecule has 0 saturated carbocycles. The molecule has 5 nitrogen and oxygen atoms in total. The van der Waals surface area contributed by atoms with Crippen molar-refractivity contribution in [3.8, 4) is 11.5 Å². The number of rotatable bonds is 7. The zero-order valence-corrected chi connectivity index (χ0v) is 16.3. The van der Waals surface area contributed by atoms with Crippen LogP contribution in [-0.2, 0) is 17.8 Å². The maximum atomic E-state index is 13.2. The van der Waals surface area contributed by atoms with E-state index in [2.05, 4.69) is 17.1 Å². The minimum absolute atomic E-state index is 0.0576. The molecule has 1 aliphatic rings. The van der Waals surface area contributed by atoms with Gasteiger partial charge in [-0.15, -0.1) is 11.3 Å². The molecule has 4 rings (SSSR count). The Hall–Kier alpha value is -2.86. The van der Waals surface area contributed by atoms with Crippen LogP contribution >= 0.6 is 11.3 Å². The molecule has 2 heterocycles. The first-order valence-corrected chi connectivity index (χ1v) is 10.3. The molecule has 0 N–H and O–H groups in total. The van der Waals surface area contributed by atoms with Crippen LogP contribution in [0.5, 0.6) is 11.5 Å². The minimum atomic E-state index is -0.633. The molecular weight excluding hydrogens is 372 g/mol. The second-order valence-electron chi connectivity index (χ2n) is 6.64. The lowest BCUT2D eigenvalue weighted by atomic mass is 10.1. The van der Waals surface area contributed by atoms with Crippen molar-refractivity contribution in [1.82, 2.24) is 9.88 Å². The highest BCUT2D eigenvalue weighted by molar-refractivity contribution is 7.09. The maximum absolute atomic E-state index is 13.2. The van der Waals surface area contributed by atoms with Crippen molar-refractivity contribution in [3.05, 3.63) is 76.7 Å². The van der Waals surface area contributed by atoms with E-state index in [1.165, 1.54) is 5.56 Å². The molecule has 2 aromatic carbocycles. The van der Waals surface area contributed by atoms with E-state index in [-0.39, 0.29) is 12.5 Å². The number of nitrogens with zero attached hydrogens (tertiary/aromatic N) is 2. The predicted molar refractivity (Wildman–Crippen MR) is 109 cm³/mol. The average Bonchev–Trinajstić information content (AvgIpc) is 3.26. The van der Waals surface area contributed by atoms with Crippen LogP contribution in [0.1, 0.15) is 17.0 Å². The van der Waals surface area contributed by atoms with Gasteiger partial charge in [-0.1, -0.05) is 42.5 Å². The molecule has 0 saturated heterocycles. The Morgan fingerprint density at radius 2 is 1.89 bits per heavy atom. The number of para-hydroxylation sites is 2. The van der Waals surface area contributed by atoms with Gasteiger partial charge < -0.3 is 14.4 Å². The largest absolute Gasteiger partial charge is 0.485 e. The predicted octanol–water partition coefficient (Wildman–Crippen LogP) is 3.94. The summed E-state index contributed by atoms with van der Waals surface area (Å²) in [5.74, 6) is 1.24. The molecule has 1 unspecified atom stereocenters. The summed E-state index contributed by atoms with van der Waals surface area (Å²) in [6, 6.07) is 17.8. The van der Waals surface area contributed by atoms with Gasteiger partial charge in [0, 0.05) is 18.1 Å². The highest BCUT2D eigenvalue weighted by Gasteiger charge is 2.31. The topological polar surface area (TPSA) is 51.7 Å². The van der Waals surface area contributed by atoms with Crippen LogP contribution in [0.4, 0.5) is 0 Å². The normalized spacial score (nSPS) is 15.2. The van der Waals surface area contributed by atoms with Crippen LogP contribution in [0.2, 0.25) is 0 Å². The fourth-order valence-electron chi connectivity index (χ4n) is 3.23. The van der Waals surface area contributed by atoms with Gasteiger partial charge in [-0.2, -0.15) is 0 Å². The lowest BCUT2D eigenvalue weighted by molar-refractivity contribution is -0.142. The second kappa shape index (κ2) is 8.89. The van der Waals surface area contributed by atoms with Gasteiger partial charge in [0.05, 0.1) is 6.54 Å². The lowest BCUT2D eigenvalue weighted by Crippen LogP contribution is -2.46. The Kier molecular flexibility index (Phi) is 5.87. The summed E-state index contributed by atoms with van der Waals surface area (Å²) in [6.07, 6.45) is 2.94. The van der Waals surface area contributed by atoms with Gasteiger partial charge in [0.15, 0.2) is 11.5 Å². The number of hydrogen-bond donors (Lipinski definition) is 0. The molecule has 1 atom stereocenters. The SMILES string of the molecule is O=C(C1COc2ccccc2O1)N(CCCc1ccccc1)Cc1nccs1. The monoisotopic (exact) mass is 394 g/mol. The van der Waals surface area contributed by atoms with Crippen molar-refractivity contribution in [2.75, 3.05) is 13.2 Å². The summed E-state index contributed by atoms with van der Waals surface area (Å²) in [4.78, 5) is 19.3. The molecule has 1 aliphatic heterocycles. The Bertz CT molecular complexity index is 899. The summed E-state index contributed by atoms with van der Waals surface area (Å²) in [5, 5.41) is 2.85. The number of hydrogen-bond acceptors (Lipinski definition) is 5. The third-order valence-electron chi connectivity index (χ3n) is 4.64. The summed E-state index contributed by atoms with van der Waals surface area (Å²) in [7, 11) is 0.